The highest BCUT2D eigenvalue weighted by Gasteiger charge is 2.17. The van der Waals surface area contributed by atoms with Gasteiger partial charge in [0, 0.05) is 0 Å². The van der Waals surface area contributed by atoms with Crippen molar-refractivity contribution in [3.8, 4) is 0 Å². The van der Waals surface area contributed by atoms with Gasteiger partial charge < -0.3 is 0 Å². The summed E-state index contributed by atoms with van der Waals surface area (Å²) in [5.41, 5.74) is 2.73. The predicted octanol–water partition coefficient (Wildman–Crippen LogP) is 2.36. The normalized spacial score (nSPS) is 22.0. The molecule has 1 aliphatic rings. The molecule has 2 nitrogen and oxygen atoms in total. The summed E-state index contributed by atoms with van der Waals surface area (Å²) in [5.74, 6) is 0.790. The van der Waals surface area contributed by atoms with Gasteiger partial charge in [-0.15, -0.1) is 5.10 Å². The average Bonchev–Trinajstić information content (AvgIpc) is 2.07. The summed E-state index contributed by atoms with van der Waals surface area (Å²) in [5, 5.41) is 7.92. The zero-order valence-corrected chi connectivity index (χ0v) is 8.63. The first-order valence-electron chi connectivity index (χ1n) is 4.26. The maximum Gasteiger partial charge on any atom is 0.132 e. The molecule has 64 valence electrons. The molecule has 0 saturated heterocycles. The number of aryl methyl sites for hydroxylation is 1. The minimum absolute atomic E-state index is 0.790. The van der Waals surface area contributed by atoms with Crippen molar-refractivity contribution in [3.63, 3.8) is 0 Å². The van der Waals surface area contributed by atoms with Crippen LogP contribution in [0.1, 0.15) is 24.5 Å². The highest BCUT2D eigenvalue weighted by molar-refractivity contribution is 9.10. The Balaban J connectivity index is 2.43. The molecule has 0 bridgehead atoms. The predicted molar refractivity (Wildman–Crippen MR) is 50.9 cm³/mol. The molecule has 1 aromatic rings. The molecule has 1 aromatic heterocycles. The van der Waals surface area contributed by atoms with Gasteiger partial charge in [-0.05, 0) is 52.2 Å². The van der Waals surface area contributed by atoms with Gasteiger partial charge in [-0.1, -0.05) is 6.92 Å². The quantitative estimate of drug-likeness (QED) is 0.679. The number of rotatable bonds is 0. The summed E-state index contributed by atoms with van der Waals surface area (Å²) in [4.78, 5) is 0. The molecule has 1 heterocycles. The maximum atomic E-state index is 3.99. The van der Waals surface area contributed by atoms with Gasteiger partial charge in [-0.3, -0.25) is 0 Å². The van der Waals surface area contributed by atoms with Crippen LogP contribution in [0.5, 0.6) is 0 Å². The Morgan fingerprint density at radius 3 is 3.25 bits per heavy atom. The van der Waals surface area contributed by atoms with Crippen molar-refractivity contribution in [1.82, 2.24) is 10.2 Å². The molecule has 0 aliphatic heterocycles. The molecule has 0 amide bonds. The van der Waals surface area contributed by atoms with E-state index in [0.29, 0.717) is 0 Å². The number of fused-ring (bicyclic) bond motifs is 1. The van der Waals surface area contributed by atoms with E-state index in [0.717, 1.165) is 23.4 Å². The molecule has 0 spiro atoms. The van der Waals surface area contributed by atoms with Gasteiger partial charge in [0.1, 0.15) is 4.60 Å². The summed E-state index contributed by atoms with van der Waals surface area (Å²) in [6, 6.07) is 0. The Kier molecular flexibility index (Phi) is 2.13. The van der Waals surface area contributed by atoms with E-state index in [1.165, 1.54) is 17.5 Å². The van der Waals surface area contributed by atoms with Crippen LogP contribution < -0.4 is 0 Å². The highest BCUT2D eigenvalue weighted by Crippen LogP contribution is 2.28. The van der Waals surface area contributed by atoms with E-state index in [4.69, 9.17) is 0 Å². The second kappa shape index (κ2) is 3.13. The number of halogens is 1. The molecule has 0 N–H and O–H groups in total. The summed E-state index contributed by atoms with van der Waals surface area (Å²) in [7, 11) is 0. The van der Waals surface area contributed by atoms with Crippen molar-refractivity contribution in [2.24, 2.45) is 5.92 Å². The molecule has 0 saturated carbocycles. The first-order chi connectivity index (χ1) is 5.77. The second-order valence-electron chi connectivity index (χ2n) is 3.49. The lowest BCUT2D eigenvalue weighted by Crippen LogP contribution is -2.13. The molecular formula is C9H11BrN2. The monoisotopic (exact) mass is 226 g/mol. The lowest BCUT2D eigenvalue weighted by Gasteiger charge is -2.20. The molecule has 2 rings (SSSR count). The van der Waals surface area contributed by atoms with Gasteiger partial charge in [0.15, 0.2) is 0 Å². The van der Waals surface area contributed by atoms with E-state index in [9.17, 15) is 0 Å². The number of hydrogen-bond acceptors (Lipinski definition) is 2. The average molecular weight is 227 g/mol. The molecule has 3 heteroatoms. The number of nitrogens with zero attached hydrogens (tertiary/aromatic N) is 2. The molecule has 1 atom stereocenters. The van der Waals surface area contributed by atoms with Crippen molar-refractivity contribution in [1.29, 1.82) is 0 Å². The number of hydrogen-bond donors (Lipinski definition) is 0. The third-order valence-corrected chi connectivity index (χ3v) is 3.09. The van der Waals surface area contributed by atoms with E-state index in [-0.39, 0.29) is 0 Å². The van der Waals surface area contributed by atoms with E-state index in [1.54, 1.807) is 0 Å². The first-order valence-corrected chi connectivity index (χ1v) is 5.05. The fraction of sp³-hybridized carbons (Fsp3) is 0.556. The van der Waals surface area contributed by atoms with Crippen molar-refractivity contribution in [2.75, 3.05) is 0 Å². The fourth-order valence-electron chi connectivity index (χ4n) is 1.70. The van der Waals surface area contributed by atoms with Crippen LogP contribution in [-0.4, -0.2) is 10.2 Å². The van der Waals surface area contributed by atoms with Crippen LogP contribution in [0.2, 0.25) is 0 Å². The van der Waals surface area contributed by atoms with E-state index in [1.807, 2.05) is 6.20 Å². The zero-order chi connectivity index (χ0) is 8.55. The van der Waals surface area contributed by atoms with Crippen molar-refractivity contribution in [3.05, 3.63) is 21.9 Å². The summed E-state index contributed by atoms with van der Waals surface area (Å²) in [6.45, 7) is 2.29. The van der Waals surface area contributed by atoms with Crippen LogP contribution in [0.25, 0.3) is 0 Å². The Labute approximate surface area is 80.5 Å². The third kappa shape index (κ3) is 1.38. The van der Waals surface area contributed by atoms with E-state index < -0.39 is 0 Å². The Hall–Kier alpha value is -0.440. The highest BCUT2D eigenvalue weighted by atomic mass is 79.9. The third-order valence-electron chi connectivity index (χ3n) is 2.45. The second-order valence-corrected chi connectivity index (χ2v) is 4.24. The molecule has 12 heavy (non-hydrogen) atoms. The standard InChI is InChI=1S/C9H11BrN2/c1-6-2-3-7-5-11-12-9(10)8(7)4-6/h5-6H,2-4H2,1H3. The topological polar surface area (TPSA) is 25.8 Å². The van der Waals surface area contributed by atoms with Crippen LogP contribution in [0, 0.1) is 5.92 Å². The lowest BCUT2D eigenvalue weighted by atomic mass is 9.87. The minimum atomic E-state index is 0.790. The SMILES string of the molecule is CC1CCc2cnnc(Br)c2C1. The maximum absolute atomic E-state index is 3.99. The molecule has 1 unspecified atom stereocenters. The Morgan fingerprint density at radius 1 is 1.58 bits per heavy atom. The summed E-state index contributed by atoms with van der Waals surface area (Å²) < 4.78 is 0.937. The largest absolute Gasteiger partial charge is 0.158 e. The summed E-state index contributed by atoms with van der Waals surface area (Å²) in [6.07, 6.45) is 5.48. The van der Waals surface area contributed by atoms with Gasteiger partial charge in [0.05, 0.1) is 6.20 Å². The molecule has 0 fully saturated rings. The van der Waals surface area contributed by atoms with Crippen molar-refractivity contribution < 1.29 is 0 Å². The fourth-order valence-corrected chi connectivity index (χ4v) is 2.21. The van der Waals surface area contributed by atoms with E-state index in [2.05, 4.69) is 33.1 Å². The van der Waals surface area contributed by atoms with Crippen LogP contribution in [-0.2, 0) is 12.8 Å². The van der Waals surface area contributed by atoms with Gasteiger partial charge >= 0.3 is 0 Å². The molecule has 1 aliphatic carbocycles. The minimum Gasteiger partial charge on any atom is -0.158 e. The Bertz CT molecular complexity index is 299. The van der Waals surface area contributed by atoms with Crippen LogP contribution >= 0.6 is 15.9 Å². The van der Waals surface area contributed by atoms with Gasteiger partial charge in [0.2, 0.25) is 0 Å². The molecular weight excluding hydrogens is 216 g/mol. The summed E-state index contributed by atoms with van der Waals surface area (Å²) >= 11 is 3.44. The van der Waals surface area contributed by atoms with E-state index >= 15 is 0 Å². The van der Waals surface area contributed by atoms with Crippen molar-refractivity contribution >= 4 is 15.9 Å². The zero-order valence-electron chi connectivity index (χ0n) is 7.05. The van der Waals surface area contributed by atoms with Crippen molar-refractivity contribution in [2.45, 2.75) is 26.2 Å². The van der Waals surface area contributed by atoms with Crippen LogP contribution in [0.3, 0.4) is 0 Å². The lowest BCUT2D eigenvalue weighted by molar-refractivity contribution is 0.495. The van der Waals surface area contributed by atoms with Gasteiger partial charge in [-0.2, -0.15) is 5.10 Å². The van der Waals surface area contributed by atoms with Crippen LogP contribution in [0.15, 0.2) is 10.8 Å². The van der Waals surface area contributed by atoms with Gasteiger partial charge in [0.25, 0.3) is 0 Å². The Morgan fingerprint density at radius 2 is 2.42 bits per heavy atom. The molecule has 0 radical (unpaired) electrons. The smallest absolute Gasteiger partial charge is 0.132 e. The van der Waals surface area contributed by atoms with Crippen LogP contribution in [0.4, 0.5) is 0 Å². The number of aromatic nitrogens is 2. The first kappa shape index (κ1) is 8.17. The molecule has 0 aromatic carbocycles. The van der Waals surface area contributed by atoms with Gasteiger partial charge in [-0.25, -0.2) is 0 Å².